The molecule has 1 unspecified atom stereocenters. The lowest BCUT2D eigenvalue weighted by atomic mass is 9.92. The first-order chi connectivity index (χ1) is 13.3. The van der Waals surface area contributed by atoms with E-state index in [0.29, 0.717) is 35.2 Å². The minimum absolute atomic E-state index is 0. The molecule has 2 N–H and O–H groups in total. The van der Waals surface area contributed by atoms with Gasteiger partial charge in [0, 0.05) is 38.5 Å². The highest BCUT2D eigenvalue weighted by molar-refractivity contribution is 6.03. The number of amides is 2. The number of hydrogen-bond acceptors (Lipinski definition) is 5. The molecule has 2 atom stereocenters. The minimum Gasteiger partial charge on any atom is -0.356 e. The highest BCUT2D eigenvalue weighted by Gasteiger charge is 2.45. The van der Waals surface area contributed by atoms with Crippen molar-refractivity contribution in [3.63, 3.8) is 0 Å². The Morgan fingerprint density at radius 1 is 1.24 bits per heavy atom. The predicted molar refractivity (Wildman–Crippen MR) is 103 cm³/mol. The zero-order valence-electron chi connectivity index (χ0n) is 15.6. The number of alkyl halides is 3. The summed E-state index contributed by atoms with van der Waals surface area (Å²) in [6.07, 6.45) is -3.83. The van der Waals surface area contributed by atoms with Crippen LogP contribution in [0.25, 0.3) is 10.9 Å². The predicted octanol–water partition coefficient (Wildman–Crippen LogP) is 1.86. The Kier molecular flexibility index (Phi) is 5.77. The second kappa shape index (κ2) is 7.83. The number of imide groups is 1. The van der Waals surface area contributed by atoms with Crippen LogP contribution in [0.5, 0.6) is 0 Å². The van der Waals surface area contributed by atoms with E-state index >= 15 is 0 Å². The summed E-state index contributed by atoms with van der Waals surface area (Å²) in [5.41, 5.74) is 1.48. The summed E-state index contributed by atoms with van der Waals surface area (Å²) in [6.45, 7) is 0.473. The summed E-state index contributed by atoms with van der Waals surface area (Å²) < 4.78 is 42.2. The van der Waals surface area contributed by atoms with Crippen molar-refractivity contribution >= 4 is 40.8 Å². The number of benzene rings is 1. The topological polar surface area (TPSA) is 79.3 Å². The van der Waals surface area contributed by atoms with E-state index in [-0.39, 0.29) is 37.8 Å². The number of hydrogen-bond donors (Lipinski definition) is 2. The van der Waals surface area contributed by atoms with Crippen LogP contribution in [0.3, 0.4) is 0 Å². The summed E-state index contributed by atoms with van der Waals surface area (Å²) in [5.74, 6) is -1.34. The molecule has 2 saturated heterocycles. The molecule has 1 aromatic heterocycles. The van der Waals surface area contributed by atoms with Gasteiger partial charge in [-0.25, -0.2) is 0 Å². The molecule has 0 spiro atoms. The van der Waals surface area contributed by atoms with Gasteiger partial charge in [-0.1, -0.05) is 12.1 Å². The summed E-state index contributed by atoms with van der Waals surface area (Å²) in [6, 6.07) is 3.46. The Hall–Kier alpha value is -2.33. The Morgan fingerprint density at radius 3 is 2.69 bits per heavy atom. The summed E-state index contributed by atoms with van der Waals surface area (Å²) in [5, 5.41) is 10.2. The van der Waals surface area contributed by atoms with Crippen LogP contribution in [0.15, 0.2) is 18.2 Å². The molecule has 0 bridgehead atoms. The Labute approximate surface area is 171 Å². The van der Waals surface area contributed by atoms with E-state index < -0.39 is 24.0 Å². The van der Waals surface area contributed by atoms with Gasteiger partial charge in [0.1, 0.15) is 6.04 Å². The quantitative estimate of drug-likeness (QED) is 0.710. The van der Waals surface area contributed by atoms with Crippen molar-refractivity contribution < 1.29 is 22.8 Å². The fourth-order valence-electron chi connectivity index (χ4n) is 4.07. The molecule has 0 radical (unpaired) electrons. The van der Waals surface area contributed by atoms with Gasteiger partial charge < -0.3 is 10.2 Å². The molecular weight excluding hydrogens is 411 g/mol. The number of carbonyl (C=O) groups excluding carboxylic acids is 2. The smallest absolute Gasteiger partial charge is 0.356 e. The maximum atomic E-state index is 13.6. The number of nitrogens with one attached hydrogen (secondary N) is 2. The van der Waals surface area contributed by atoms with Gasteiger partial charge in [-0.2, -0.15) is 18.3 Å². The average Bonchev–Trinajstić information content (AvgIpc) is 2.98. The molecule has 2 aliphatic rings. The number of para-hydroxylation sites is 1. The molecule has 29 heavy (non-hydrogen) atoms. The van der Waals surface area contributed by atoms with Crippen molar-refractivity contribution in [3.05, 3.63) is 23.9 Å². The lowest BCUT2D eigenvalue weighted by Crippen LogP contribution is -2.58. The summed E-state index contributed by atoms with van der Waals surface area (Å²) >= 11 is 0. The van der Waals surface area contributed by atoms with Crippen LogP contribution >= 0.6 is 12.4 Å². The molecule has 0 saturated carbocycles. The molecule has 2 fully saturated rings. The number of fused-ring (bicyclic) bond motifs is 1. The Balaban J connectivity index is 0.00000240. The van der Waals surface area contributed by atoms with E-state index in [2.05, 4.69) is 15.7 Å². The molecule has 4 rings (SSSR count). The normalized spacial score (nSPS) is 23.1. The van der Waals surface area contributed by atoms with Gasteiger partial charge in [0.15, 0.2) is 0 Å². The van der Waals surface area contributed by atoms with E-state index in [1.165, 1.54) is 9.58 Å². The van der Waals surface area contributed by atoms with E-state index in [1.807, 2.05) is 0 Å². The van der Waals surface area contributed by atoms with Crippen molar-refractivity contribution in [2.24, 2.45) is 7.05 Å². The van der Waals surface area contributed by atoms with Crippen molar-refractivity contribution in [2.75, 3.05) is 24.5 Å². The SMILES string of the molecule is Cl.Cn1nc(C2CCC(=O)NC2=O)c2cccc(N3CCNC[C@@H]3C(F)(F)F)c21. The number of rotatable bonds is 2. The zero-order valence-corrected chi connectivity index (χ0v) is 16.4. The number of carbonyl (C=O) groups is 2. The summed E-state index contributed by atoms with van der Waals surface area (Å²) in [7, 11) is 1.66. The van der Waals surface area contributed by atoms with E-state index in [1.54, 1.807) is 25.2 Å². The third-order valence-electron chi connectivity index (χ3n) is 5.37. The second-order valence-corrected chi connectivity index (χ2v) is 7.14. The molecule has 11 heteroatoms. The van der Waals surface area contributed by atoms with E-state index in [0.717, 1.165) is 0 Å². The monoisotopic (exact) mass is 431 g/mol. The minimum atomic E-state index is -4.37. The van der Waals surface area contributed by atoms with E-state index in [9.17, 15) is 22.8 Å². The first-order valence-electron chi connectivity index (χ1n) is 9.10. The van der Waals surface area contributed by atoms with Crippen LogP contribution in [0.4, 0.5) is 18.9 Å². The van der Waals surface area contributed by atoms with Crippen LogP contribution in [-0.2, 0) is 16.6 Å². The number of piperazine rings is 1. The Bertz CT molecular complexity index is 945. The lowest BCUT2D eigenvalue weighted by Gasteiger charge is -2.39. The largest absolute Gasteiger partial charge is 0.409 e. The highest BCUT2D eigenvalue weighted by Crippen LogP contribution is 2.37. The first-order valence-corrected chi connectivity index (χ1v) is 9.10. The van der Waals surface area contributed by atoms with Gasteiger partial charge in [0.05, 0.1) is 22.8 Å². The molecule has 0 aliphatic carbocycles. The molecule has 7 nitrogen and oxygen atoms in total. The van der Waals surface area contributed by atoms with Crippen LogP contribution in [0.2, 0.25) is 0 Å². The van der Waals surface area contributed by atoms with Crippen LogP contribution in [0, 0.1) is 0 Å². The number of aryl methyl sites for hydroxylation is 1. The molecule has 158 valence electrons. The number of halogens is 4. The Morgan fingerprint density at radius 2 is 2.00 bits per heavy atom. The molecule has 1 aromatic carbocycles. The van der Waals surface area contributed by atoms with Crippen LogP contribution in [0.1, 0.15) is 24.5 Å². The van der Waals surface area contributed by atoms with Gasteiger partial charge >= 0.3 is 6.18 Å². The lowest BCUT2D eigenvalue weighted by molar-refractivity contribution is -0.149. The highest BCUT2D eigenvalue weighted by atomic mass is 35.5. The van der Waals surface area contributed by atoms with Gasteiger partial charge in [0.2, 0.25) is 11.8 Å². The van der Waals surface area contributed by atoms with Gasteiger partial charge in [-0.05, 0) is 12.5 Å². The van der Waals surface area contributed by atoms with Crippen molar-refractivity contribution in [1.29, 1.82) is 0 Å². The number of anilines is 1. The van der Waals surface area contributed by atoms with Crippen molar-refractivity contribution in [3.8, 4) is 0 Å². The number of nitrogens with zero attached hydrogens (tertiary/aromatic N) is 3. The fourth-order valence-corrected chi connectivity index (χ4v) is 4.07. The van der Waals surface area contributed by atoms with E-state index in [4.69, 9.17) is 0 Å². The molecule has 2 aromatic rings. The van der Waals surface area contributed by atoms with Crippen molar-refractivity contribution in [1.82, 2.24) is 20.4 Å². The first kappa shape index (κ1) is 21.4. The summed E-state index contributed by atoms with van der Waals surface area (Å²) in [4.78, 5) is 25.1. The second-order valence-electron chi connectivity index (χ2n) is 7.14. The van der Waals surface area contributed by atoms with Crippen LogP contribution < -0.4 is 15.5 Å². The van der Waals surface area contributed by atoms with Crippen molar-refractivity contribution in [2.45, 2.75) is 31.0 Å². The third kappa shape index (κ3) is 3.78. The molecule has 2 aliphatic heterocycles. The fraction of sp³-hybridized carbons (Fsp3) is 0.500. The zero-order chi connectivity index (χ0) is 20.1. The van der Waals surface area contributed by atoms with Gasteiger partial charge in [0.25, 0.3) is 0 Å². The van der Waals surface area contributed by atoms with Crippen LogP contribution in [-0.4, -0.2) is 53.4 Å². The number of piperidine rings is 1. The standard InChI is InChI=1S/C18H20F3N5O2.ClH/c1-25-16-10(15(24-25)11-5-6-14(27)23-17(11)28)3-2-4-12(16)26-8-7-22-9-13(26)18(19,20)21;/h2-4,11,13,22H,5-9H2,1H3,(H,23,27,28);1H/t11?,13-;/m1./s1. The number of aromatic nitrogens is 2. The third-order valence-corrected chi connectivity index (χ3v) is 5.37. The molecule has 2 amide bonds. The maximum absolute atomic E-state index is 13.6. The maximum Gasteiger partial charge on any atom is 0.409 e. The average molecular weight is 432 g/mol. The molecule has 3 heterocycles. The van der Waals surface area contributed by atoms with Gasteiger partial charge in [-0.3, -0.25) is 19.6 Å². The van der Waals surface area contributed by atoms with Gasteiger partial charge in [-0.15, -0.1) is 12.4 Å². The molecular formula is C18H21ClF3N5O2.